The van der Waals surface area contributed by atoms with Crippen molar-refractivity contribution >= 4 is 5.91 Å². The molecule has 0 saturated carbocycles. The lowest BCUT2D eigenvalue weighted by Crippen LogP contribution is -2.26. The number of aromatic nitrogens is 3. The predicted molar refractivity (Wildman–Crippen MR) is 56.3 cm³/mol. The Kier molecular flexibility index (Phi) is 5.39. The van der Waals surface area contributed by atoms with Crippen LogP contribution in [0, 0.1) is 0 Å². The topological polar surface area (TPSA) is 82.7 Å². The molecule has 0 spiro atoms. The molecular formula is C9H17N5O. The molecule has 0 saturated heterocycles. The number of nitrogens with one attached hydrogen (secondary N) is 3. The fraction of sp³-hybridized carbons (Fsp3) is 0.667. The Hall–Kier alpha value is -1.43. The Bertz CT molecular complexity index is 272. The Morgan fingerprint density at radius 1 is 1.53 bits per heavy atom. The SMILES string of the molecule is CNCCCC(=O)NCCc1ncn[nH]1. The van der Waals surface area contributed by atoms with E-state index < -0.39 is 0 Å². The van der Waals surface area contributed by atoms with E-state index in [-0.39, 0.29) is 5.91 Å². The smallest absolute Gasteiger partial charge is 0.220 e. The molecule has 15 heavy (non-hydrogen) atoms. The lowest BCUT2D eigenvalue weighted by atomic mass is 10.3. The Morgan fingerprint density at radius 2 is 2.40 bits per heavy atom. The molecule has 1 aromatic heterocycles. The van der Waals surface area contributed by atoms with Crippen LogP contribution < -0.4 is 10.6 Å². The summed E-state index contributed by atoms with van der Waals surface area (Å²) in [6, 6.07) is 0. The van der Waals surface area contributed by atoms with Crippen molar-refractivity contribution in [2.24, 2.45) is 0 Å². The monoisotopic (exact) mass is 211 g/mol. The molecule has 6 nitrogen and oxygen atoms in total. The molecule has 0 radical (unpaired) electrons. The minimum Gasteiger partial charge on any atom is -0.356 e. The summed E-state index contributed by atoms with van der Waals surface area (Å²) < 4.78 is 0. The van der Waals surface area contributed by atoms with Crippen LogP contribution in [0.4, 0.5) is 0 Å². The van der Waals surface area contributed by atoms with Crippen molar-refractivity contribution < 1.29 is 4.79 Å². The van der Waals surface area contributed by atoms with Gasteiger partial charge in [0.2, 0.25) is 5.91 Å². The summed E-state index contributed by atoms with van der Waals surface area (Å²) in [4.78, 5) is 15.2. The lowest BCUT2D eigenvalue weighted by Gasteiger charge is -2.03. The molecule has 1 rings (SSSR count). The van der Waals surface area contributed by atoms with Gasteiger partial charge in [0.15, 0.2) is 0 Å². The largest absolute Gasteiger partial charge is 0.356 e. The molecule has 1 heterocycles. The summed E-state index contributed by atoms with van der Waals surface area (Å²) in [5.41, 5.74) is 0. The van der Waals surface area contributed by atoms with E-state index in [0.717, 1.165) is 18.8 Å². The Morgan fingerprint density at radius 3 is 3.07 bits per heavy atom. The molecule has 1 amide bonds. The highest BCUT2D eigenvalue weighted by Gasteiger charge is 2.00. The molecule has 0 aliphatic rings. The first kappa shape index (κ1) is 11.6. The van der Waals surface area contributed by atoms with E-state index in [0.29, 0.717) is 19.4 Å². The average molecular weight is 211 g/mol. The summed E-state index contributed by atoms with van der Waals surface area (Å²) in [6.07, 6.45) is 3.59. The number of rotatable bonds is 7. The molecular weight excluding hydrogens is 194 g/mol. The maximum absolute atomic E-state index is 11.3. The van der Waals surface area contributed by atoms with Crippen LogP contribution in [0.25, 0.3) is 0 Å². The van der Waals surface area contributed by atoms with Crippen molar-refractivity contribution in [1.29, 1.82) is 0 Å². The van der Waals surface area contributed by atoms with E-state index in [9.17, 15) is 4.79 Å². The van der Waals surface area contributed by atoms with Gasteiger partial charge in [-0.3, -0.25) is 9.89 Å². The summed E-state index contributed by atoms with van der Waals surface area (Å²) in [5, 5.41) is 12.3. The number of nitrogens with zero attached hydrogens (tertiary/aromatic N) is 2. The molecule has 0 aliphatic carbocycles. The van der Waals surface area contributed by atoms with Crippen LogP contribution in [-0.4, -0.2) is 41.2 Å². The summed E-state index contributed by atoms with van der Waals surface area (Å²) >= 11 is 0. The highest BCUT2D eigenvalue weighted by atomic mass is 16.1. The van der Waals surface area contributed by atoms with E-state index in [1.807, 2.05) is 7.05 Å². The van der Waals surface area contributed by atoms with Crippen LogP contribution in [0.1, 0.15) is 18.7 Å². The maximum Gasteiger partial charge on any atom is 0.220 e. The highest BCUT2D eigenvalue weighted by Crippen LogP contribution is 1.88. The summed E-state index contributed by atoms with van der Waals surface area (Å²) in [6.45, 7) is 1.48. The van der Waals surface area contributed by atoms with Gasteiger partial charge in [-0.05, 0) is 20.0 Å². The standard InChI is InChI=1S/C9H17N5O/c1-10-5-2-3-9(15)11-6-4-8-12-7-13-14-8/h7,10H,2-6H2,1H3,(H,11,15)(H,12,13,14). The number of hydrogen-bond donors (Lipinski definition) is 3. The van der Waals surface area contributed by atoms with Crippen molar-refractivity contribution in [1.82, 2.24) is 25.8 Å². The number of hydrogen-bond acceptors (Lipinski definition) is 4. The van der Waals surface area contributed by atoms with Gasteiger partial charge in [0.05, 0.1) is 0 Å². The highest BCUT2D eigenvalue weighted by molar-refractivity contribution is 5.75. The van der Waals surface area contributed by atoms with Crippen LogP contribution in [0.15, 0.2) is 6.33 Å². The molecule has 0 bridgehead atoms. The van der Waals surface area contributed by atoms with Crippen LogP contribution in [-0.2, 0) is 11.2 Å². The summed E-state index contributed by atoms with van der Waals surface area (Å²) in [7, 11) is 1.88. The molecule has 0 unspecified atom stereocenters. The second-order valence-corrected chi connectivity index (χ2v) is 3.24. The zero-order valence-electron chi connectivity index (χ0n) is 8.92. The average Bonchev–Trinajstić information content (AvgIpc) is 2.71. The molecule has 84 valence electrons. The van der Waals surface area contributed by atoms with Crippen molar-refractivity contribution in [3.63, 3.8) is 0 Å². The van der Waals surface area contributed by atoms with Crippen molar-refractivity contribution in [2.75, 3.05) is 20.1 Å². The van der Waals surface area contributed by atoms with Gasteiger partial charge in [-0.15, -0.1) is 0 Å². The van der Waals surface area contributed by atoms with E-state index >= 15 is 0 Å². The van der Waals surface area contributed by atoms with E-state index in [1.54, 1.807) is 0 Å². The van der Waals surface area contributed by atoms with Crippen LogP contribution in [0.2, 0.25) is 0 Å². The van der Waals surface area contributed by atoms with Gasteiger partial charge in [0.1, 0.15) is 12.2 Å². The third kappa shape index (κ3) is 5.11. The van der Waals surface area contributed by atoms with Crippen LogP contribution >= 0.6 is 0 Å². The second-order valence-electron chi connectivity index (χ2n) is 3.24. The van der Waals surface area contributed by atoms with Crippen molar-refractivity contribution in [3.8, 4) is 0 Å². The molecule has 6 heteroatoms. The number of amides is 1. The van der Waals surface area contributed by atoms with Gasteiger partial charge >= 0.3 is 0 Å². The first-order chi connectivity index (χ1) is 7.33. The molecule has 0 aromatic carbocycles. The normalized spacial score (nSPS) is 10.2. The Balaban J connectivity index is 2.02. The van der Waals surface area contributed by atoms with Crippen molar-refractivity contribution in [3.05, 3.63) is 12.2 Å². The third-order valence-corrected chi connectivity index (χ3v) is 1.98. The van der Waals surface area contributed by atoms with Crippen molar-refractivity contribution in [2.45, 2.75) is 19.3 Å². The molecule has 3 N–H and O–H groups in total. The third-order valence-electron chi connectivity index (χ3n) is 1.98. The first-order valence-electron chi connectivity index (χ1n) is 5.08. The number of aromatic amines is 1. The van der Waals surface area contributed by atoms with E-state index in [2.05, 4.69) is 25.8 Å². The number of carbonyl (C=O) groups is 1. The van der Waals surface area contributed by atoms with Gasteiger partial charge in [0, 0.05) is 19.4 Å². The van der Waals surface area contributed by atoms with E-state index in [4.69, 9.17) is 0 Å². The van der Waals surface area contributed by atoms with Gasteiger partial charge in [-0.1, -0.05) is 0 Å². The second kappa shape index (κ2) is 6.94. The molecule has 0 atom stereocenters. The van der Waals surface area contributed by atoms with Gasteiger partial charge in [-0.2, -0.15) is 5.10 Å². The van der Waals surface area contributed by atoms with Gasteiger partial charge in [0.25, 0.3) is 0 Å². The van der Waals surface area contributed by atoms with Gasteiger partial charge < -0.3 is 10.6 Å². The summed E-state index contributed by atoms with van der Waals surface area (Å²) in [5.74, 6) is 0.885. The minimum atomic E-state index is 0.0877. The van der Waals surface area contributed by atoms with Crippen LogP contribution in [0.5, 0.6) is 0 Å². The minimum absolute atomic E-state index is 0.0877. The fourth-order valence-electron chi connectivity index (χ4n) is 1.19. The molecule has 1 aromatic rings. The number of H-pyrrole nitrogens is 1. The predicted octanol–water partition coefficient (Wildman–Crippen LogP) is -0.537. The number of carbonyl (C=O) groups excluding carboxylic acids is 1. The van der Waals surface area contributed by atoms with Gasteiger partial charge in [-0.25, -0.2) is 4.98 Å². The fourth-order valence-corrected chi connectivity index (χ4v) is 1.19. The molecule has 0 fully saturated rings. The first-order valence-corrected chi connectivity index (χ1v) is 5.08. The zero-order valence-corrected chi connectivity index (χ0v) is 8.92. The molecule has 0 aliphatic heterocycles. The quantitative estimate of drug-likeness (QED) is 0.529. The zero-order chi connectivity index (χ0) is 10.9. The van der Waals surface area contributed by atoms with Crippen LogP contribution in [0.3, 0.4) is 0 Å². The lowest BCUT2D eigenvalue weighted by molar-refractivity contribution is -0.121. The Labute approximate surface area is 88.9 Å². The maximum atomic E-state index is 11.3. The van der Waals surface area contributed by atoms with E-state index in [1.165, 1.54) is 6.33 Å².